The van der Waals surface area contributed by atoms with Gasteiger partial charge in [0, 0.05) is 13.1 Å². The van der Waals surface area contributed by atoms with Crippen LogP contribution in [0.15, 0.2) is 18.2 Å². The van der Waals surface area contributed by atoms with Crippen LogP contribution in [0.3, 0.4) is 0 Å². The maximum Gasteiger partial charge on any atom is 0.416 e. The third-order valence-electron chi connectivity index (χ3n) is 5.31. The van der Waals surface area contributed by atoms with E-state index in [1.165, 1.54) is 0 Å². The van der Waals surface area contributed by atoms with E-state index in [1.807, 2.05) is 0 Å². The molecule has 1 aromatic carbocycles. The summed E-state index contributed by atoms with van der Waals surface area (Å²) >= 11 is 0. The minimum atomic E-state index is -4.65. The van der Waals surface area contributed by atoms with Crippen LogP contribution in [0.25, 0.3) is 0 Å². The van der Waals surface area contributed by atoms with Gasteiger partial charge in [0.15, 0.2) is 0 Å². The van der Waals surface area contributed by atoms with Gasteiger partial charge in [-0.1, -0.05) is 18.9 Å². The first-order valence-corrected chi connectivity index (χ1v) is 8.17. The highest BCUT2D eigenvalue weighted by Crippen LogP contribution is 2.44. The van der Waals surface area contributed by atoms with Gasteiger partial charge in [-0.3, -0.25) is 4.79 Å². The smallest absolute Gasteiger partial charge is 0.351 e. The molecule has 7 heteroatoms. The first kappa shape index (κ1) is 17.2. The zero-order valence-corrected chi connectivity index (χ0v) is 13.2. The molecule has 0 spiro atoms. The van der Waals surface area contributed by atoms with Crippen molar-refractivity contribution in [3.63, 3.8) is 0 Å². The van der Waals surface area contributed by atoms with Crippen molar-refractivity contribution >= 4 is 5.91 Å². The highest BCUT2D eigenvalue weighted by Gasteiger charge is 2.49. The number of alkyl halides is 3. The predicted molar refractivity (Wildman–Crippen MR) is 80.5 cm³/mol. The monoisotopic (exact) mass is 344 g/mol. The molecule has 1 amide bonds. The van der Waals surface area contributed by atoms with E-state index in [0.717, 1.165) is 44.4 Å². The van der Waals surface area contributed by atoms with Gasteiger partial charge in [0.05, 0.1) is 11.0 Å². The number of nitrogens with one attached hydrogen (secondary N) is 2. The van der Waals surface area contributed by atoms with Crippen LogP contribution in [0, 0.1) is 17.2 Å². The highest BCUT2D eigenvalue weighted by atomic mass is 19.4. The van der Waals surface area contributed by atoms with Crippen molar-refractivity contribution < 1.29 is 22.4 Å². The lowest BCUT2D eigenvalue weighted by molar-refractivity contribution is -0.139. The Kier molecular flexibility index (Phi) is 4.55. The minimum absolute atomic E-state index is 0.119. The molecule has 0 unspecified atom stereocenters. The molecule has 1 saturated carbocycles. The molecule has 1 saturated heterocycles. The van der Waals surface area contributed by atoms with E-state index in [4.69, 9.17) is 0 Å². The van der Waals surface area contributed by atoms with E-state index in [9.17, 15) is 22.4 Å². The Bertz CT molecular complexity index is 632. The molecular weight excluding hydrogens is 324 g/mol. The van der Waals surface area contributed by atoms with Gasteiger partial charge < -0.3 is 10.6 Å². The highest BCUT2D eigenvalue weighted by molar-refractivity contribution is 5.84. The second-order valence-corrected chi connectivity index (χ2v) is 6.71. The van der Waals surface area contributed by atoms with Crippen molar-refractivity contribution in [2.75, 3.05) is 13.1 Å². The van der Waals surface area contributed by atoms with Gasteiger partial charge in [-0.2, -0.15) is 13.2 Å². The van der Waals surface area contributed by atoms with Crippen LogP contribution in [0.1, 0.15) is 36.8 Å². The minimum Gasteiger partial charge on any atom is -0.351 e. The lowest BCUT2D eigenvalue weighted by Crippen LogP contribution is -2.47. The summed E-state index contributed by atoms with van der Waals surface area (Å²) in [5.41, 5.74) is -1.67. The number of halogens is 4. The van der Waals surface area contributed by atoms with E-state index in [1.54, 1.807) is 0 Å². The molecule has 0 bridgehead atoms. The van der Waals surface area contributed by atoms with Gasteiger partial charge in [0.1, 0.15) is 5.82 Å². The molecule has 2 aliphatic rings. The average Bonchev–Trinajstić information content (AvgIpc) is 2.97. The quantitative estimate of drug-likeness (QED) is 0.827. The van der Waals surface area contributed by atoms with E-state index in [0.29, 0.717) is 12.6 Å². The van der Waals surface area contributed by atoms with Crippen molar-refractivity contribution in [3.05, 3.63) is 35.1 Å². The lowest BCUT2D eigenvalue weighted by atomic mass is 9.67. The van der Waals surface area contributed by atoms with Crippen LogP contribution in [-0.4, -0.2) is 19.0 Å². The Hall–Kier alpha value is -1.63. The zero-order chi connectivity index (χ0) is 17.4. The number of fused-ring (bicyclic) bond motifs is 1. The number of carbonyl (C=O) groups excluding carboxylic acids is 1. The van der Waals surface area contributed by atoms with Crippen molar-refractivity contribution in [3.8, 4) is 0 Å². The van der Waals surface area contributed by atoms with Crippen LogP contribution in [0.4, 0.5) is 17.6 Å². The molecule has 1 aliphatic carbocycles. The first-order chi connectivity index (χ1) is 11.3. The molecule has 1 heterocycles. The fourth-order valence-electron chi connectivity index (χ4n) is 4.01. The largest absolute Gasteiger partial charge is 0.416 e. The summed E-state index contributed by atoms with van der Waals surface area (Å²) in [7, 11) is 0. The normalized spacial score (nSPS) is 26.9. The van der Waals surface area contributed by atoms with E-state index >= 15 is 0 Å². The zero-order valence-electron chi connectivity index (χ0n) is 13.2. The van der Waals surface area contributed by atoms with Crippen LogP contribution >= 0.6 is 0 Å². The number of hydrogen-bond donors (Lipinski definition) is 2. The molecule has 0 aromatic heterocycles. The van der Waals surface area contributed by atoms with Gasteiger partial charge in [-0.15, -0.1) is 0 Å². The topological polar surface area (TPSA) is 41.1 Å². The molecular formula is C17H20F4N2O. The van der Waals surface area contributed by atoms with Crippen molar-refractivity contribution in [1.82, 2.24) is 10.6 Å². The number of benzene rings is 1. The van der Waals surface area contributed by atoms with Crippen molar-refractivity contribution in [2.45, 2.75) is 38.4 Å². The SMILES string of the molecule is O=C(NCc1ccc(F)cc1C(F)(F)F)[C@@]12CCCC[C@H]1CNC2. The fraction of sp³-hybridized carbons (Fsp3) is 0.588. The molecule has 1 aliphatic heterocycles. The number of amides is 1. The molecule has 2 N–H and O–H groups in total. The molecule has 132 valence electrons. The maximum atomic E-state index is 13.1. The van der Waals surface area contributed by atoms with Crippen LogP contribution < -0.4 is 10.6 Å². The summed E-state index contributed by atoms with van der Waals surface area (Å²) < 4.78 is 52.2. The van der Waals surface area contributed by atoms with E-state index in [-0.39, 0.29) is 23.9 Å². The third kappa shape index (κ3) is 3.14. The molecule has 2 atom stereocenters. The lowest BCUT2D eigenvalue weighted by Gasteiger charge is -2.37. The van der Waals surface area contributed by atoms with E-state index < -0.39 is 23.0 Å². The fourth-order valence-corrected chi connectivity index (χ4v) is 4.01. The number of hydrogen-bond acceptors (Lipinski definition) is 2. The van der Waals surface area contributed by atoms with Gasteiger partial charge in [-0.25, -0.2) is 4.39 Å². The Morgan fingerprint density at radius 3 is 2.88 bits per heavy atom. The molecule has 3 nitrogen and oxygen atoms in total. The summed E-state index contributed by atoms with van der Waals surface area (Å²) in [6, 6.07) is 2.54. The Morgan fingerprint density at radius 1 is 1.33 bits per heavy atom. The maximum absolute atomic E-state index is 13.1. The van der Waals surface area contributed by atoms with Gasteiger partial charge >= 0.3 is 6.18 Å². The van der Waals surface area contributed by atoms with Crippen LogP contribution in [-0.2, 0) is 17.5 Å². The second kappa shape index (κ2) is 6.35. The number of rotatable bonds is 3. The summed E-state index contributed by atoms with van der Waals surface area (Å²) in [5, 5.41) is 5.90. The summed E-state index contributed by atoms with van der Waals surface area (Å²) in [6.45, 7) is 1.10. The van der Waals surface area contributed by atoms with Crippen molar-refractivity contribution in [2.24, 2.45) is 11.3 Å². The summed E-state index contributed by atoms with van der Waals surface area (Å²) in [5.74, 6) is -0.903. The second-order valence-electron chi connectivity index (χ2n) is 6.71. The molecule has 1 aromatic rings. The Labute approximate surface area is 137 Å². The molecule has 0 radical (unpaired) electrons. The average molecular weight is 344 g/mol. The Balaban J connectivity index is 1.75. The number of carbonyl (C=O) groups is 1. The van der Waals surface area contributed by atoms with Gasteiger partial charge in [0.25, 0.3) is 0 Å². The van der Waals surface area contributed by atoms with Crippen molar-refractivity contribution in [1.29, 1.82) is 0 Å². The standard InChI is InChI=1S/C17H20F4N2O/c18-13-5-4-11(14(7-13)17(19,20)21)8-23-15(24)16-6-2-1-3-12(16)9-22-10-16/h4-5,7,12,22H,1-3,6,8-10H2,(H,23,24)/t12-,16+/m0/s1. The van der Waals surface area contributed by atoms with Crippen LogP contribution in [0.5, 0.6) is 0 Å². The Morgan fingerprint density at radius 2 is 2.12 bits per heavy atom. The molecule has 24 heavy (non-hydrogen) atoms. The van der Waals surface area contributed by atoms with Crippen LogP contribution in [0.2, 0.25) is 0 Å². The molecule has 3 rings (SSSR count). The van der Waals surface area contributed by atoms with E-state index in [2.05, 4.69) is 10.6 Å². The predicted octanol–water partition coefficient (Wildman–Crippen LogP) is 3.24. The summed E-state index contributed by atoms with van der Waals surface area (Å²) in [6.07, 6.45) is -0.896. The van der Waals surface area contributed by atoms with Gasteiger partial charge in [0.2, 0.25) is 5.91 Å². The third-order valence-corrected chi connectivity index (χ3v) is 5.31. The summed E-state index contributed by atoms with van der Waals surface area (Å²) in [4.78, 5) is 12.7. The molecule has 2 fully saturated rings. The van der Waals surface area contributed by atoms with Gasteiger partial charge in [-0.05, 0) is 43.0 Å². The first-order valence-electron chi connectivity index (χ1n) is 8.17.